The van der Waals surface area contributed by atoms with Gasteiger partial charge in [0.1, 0.15) is 0 Å². The molecule has 0 unspecified atom stereocenters. The summed E-state index contributed by atoms with van der Waals surface area (Å²) in [5.74, 6) is 0.842. The first-order chi connectivity index (χ1) is 13.5. The standard InChI is InChI=1S/C23H29N3O2/c1-17-12-15-26(16-13-17)22-9-7-21(8-10-22)25-23(28)11-14-24-20-5-3-19(4-6-20)18(2)27/h3-10,17,24H,11-16H2,1-2H3,(H,25,28). The van der Waals surface area contributed by atoms with Crippen LogP contribution in [-0.4, -0.2) is 31.3 Å². The van der Waals surface area contributed by atoms with Crippen LogP contribution in [0.3, 0.4) is 0 Å². The van der Waals surface area contributed by atoms with E-state index in [1.807, 2.05) is 24.3 Å². The quantitative estimate of drug-likeness (QED) is 0.692. The van der Waals surface area contributed by atoms with Crippen LogP contribution < -0.4 is 15.5 Å². The Balaban J connectivity index is 1.42. The van der Waals surface area contributed by atoms with Gasteiger partial charge >= 0.3 is 0 Å². The van der Waals surface area contributed by atoms with Crippen molar-refractivity contribution in [2.45, 2.75) is 33.1 Å². The van der Waals surface area contributed by atoms with Crippen molar-refractivity contribution in [2.75, 3.05) is 35.2 Å². The molecular formula is C23H29N3O2. The minimum atomic E-state index is -0.0209. The summed E-state index contributed by atoms with van der Waals surface area (Å²) in [6.07, 6.45) is 2.85. The minimum absolute atomic E-state index is 0.0209. The van der Waals surface area contributed by atoms with Gasteiger partial charge in [0.05, 0.1) is 0 Å². The molecule has 1 aliphatic heterocycles. The number of nitrogens with one attached hydrogen (secondary N) is 2. The number of carbonyl (C=O) groups excluding carboxylic acids is 2. The zero-order valence-corrected chi connectivity index (χ0v) is 16.7. The molecule has 0 radical (unpaired) electrons. The van der Waals surface area contributed by atoms with Crippen LogP contribution in [0.2, 0.25) is 0 Å². The first-order valence-corrected chi connectivity index (χ1v) is 10.0. The molecule has 5 nitrogen and oxygen atoms in total. The smallest absolute Gasteiger partial charge is 0.226 e. The highest BCUT2D eigenvalue weighted by molar-refractivity contribution is 5.94. The van der Waals surface area contributed by atoms with Gasteiger partial charge in [-0.15, -0.1) is 0 Å². The maximum atomic E-state index is 12.2. The molecule has 0 atom stereocenters. The van der Waals surface area contributed by atoms with Crippen LogP contribution in [0.4, 0.5) is 17.1 Å². The molecule has 1 heterocycles. The molecule has 2 aromatic rings. The van der Waals surface area contributed by atoms with E-state index in [1.165, 1.54) is 18.5 Å². The predicted octanol–water partition coefficient (Wildman–Crippen LogP) is 4.57. The summed E-state index contributed by atoms with van der Waals surface area (Å²) < 4.78 is 0. The summed E-state index contributed by atoms with van der Waals surface area (Å²) in [6.45, 7) is 6.60. The third kappa shape index (κ3) is 5.59. The van der Waals surface area contributed by atoms with Crippen molar-refractivity contribution in [2.24, 2.45) is 5.92 Å². The summed E-state index contributed by atoms with van der Waals surface area (Å²) in [7, 11) is 0. The fourth-order valence-corrected chi connectivity index (χ4v) is 3.39. The number of benzene rings is 2. The number of ketones is 1. The molecule has 0 saturated carbocycles. The van der Waals surface area contributed by atoms with E-state index < -0.39 is 0 Å². The monoisotopic (exact) mass is 379 g/mol. The minimum Gasteiger partial charge on any atom is -0.385 e. The van der Waals surface area contributed by atoms with Crippen molar-refractivity contribution < 1.29 is 9.59 Å². The largest absolute Gasteiger partial charge is 0.385 e. The van der Waals surface area contributed by atoms with Crippen LogP contribution in [0.5, 0.6) is 0 Å². The molecule has 1 fully saturated rings. The molecule has 0 aliphatic carbocycles. The predicted molar refractivity (Wildman–Crippen MR) is 115 cm³/mol. The Morgan fingerprint density at radius 3 is 2.18 bits per heavy atom. The van der Waals surface area contributed by atoms with Gasteiger partial charge in [-0.3, -0.25) is 9.59 Å². The number of hydrogen-bond acceptors (Lipinski definition) is 4. The molecule has 148 valence electrons. The van der Waals surface area contributed by atoms with Crippen LogP contribution in [-0.2, 0) is 4.79 Å². The van der Waals surface area contributed by atoms with Crippen molar-refractivity contribution in [3.63, 3.8) is 0 Å². The Bertz CT molecular complexity index is 792. The average molecular weight is 380 g/mol. The van der Waals surface area contributed by atoms with E-state index in [2.05, 4.69) is 34.6 Å². The topological polar surface area (TPSA) is 61.4 Å². The number of anilines is 3. The maximum absolute atomic E-state index is 12.2. The second kappa shape index (κ2) is 9.40. The SMILES string of the molecule is CC(=O)c1ccc(NCCC(=O)Nc2ccc(N3CCC(C)CC3)cc2)cc1. The number of carbonyl (C=O) groups is 2. The number of amides is 1. The molecule has 2 N–H and O–H groups in total. The summed E-state index contributed by atoms with van der Waals surface area (Å²) >= 11 is 0. The Morgan fingerprint density at radius 1 is 0.964 bits per heavy atom. The molecule has 2 aromatic carbocycles. The lowest BCUT2D eigenvalue weighted by Gasteiger charge is -2.32. The lowest BCUT2D eigenvalue weighted by Crippen LogP contribution is -2.32. The van der Waals surface area contributed by atoms with Gasteiger partial charge in [0.2, 0.25) is 5.91 Å². The number of rotatable bonds is 7. The highest BCUT2D eigenvalue weighted by Crippen LogP contribution is 2.24. The highest BCUT2D eigenvalue weighted by Gasteiger charge is 2.15. The Hall–Kier alpha value is -2.82. The second-order valence-electron chi connectivity index (χ2n) is 7.57. The lowest BCUT2D eigenvalue weighted by atomic mass is 9.99. The molecule has 3 rings (SSSR count). The normalized spacial score (nSPS) is 14.6. The van der Waals surface area contributed by atoms with Crippen molar-refractivity contribution in [1.82, 2.24) is 0 Å². The van der Waals surface area contributed by atoms with E-state index in [4.69, 9.17) is 0 Å². The van der Waals surface area contributed by atoms with Gasteiger partial charge < -0.3 is 15.5 Å². The molecule has 5 heteroatoms. The third-order valence-corrected chi connectivity index (χ3v) is 5.27. The van der Waals surface area contributed by atoms with Gasteiger partial charge in [0.25, 0.3) is 0 Å². The zero-order valence-electron chi connectivity index (χ0n) is 16.7. The van der Waals surface area contributed by atoms with E-state index in [1.54, 1.807) is 19.1 Å². The molecule has 0 aromatic heterocycles. The highest BCUT2D eigenvalue weighted by atomic mass is 16.1. The first kappa shape index (κ1) is 19.9. The van der Waals surface area contributed by atoms with Crippen LogP contribution in [0.15, 0.2) is 48.5 Å². The Labute approximate surface area is 167 Å². The zero-order chi connectivity index (χ0) is 19.9. The molecule has 28 heavy (non-hydrogen) atoms. The van der Waals surface area contributed by atoms with E-state index in [0.29, 0.717) is 18.5 Å². The molecule has 1 amide bonds. The van der Waals surface area contributed by atoms with E-state index in [-0.39, 0.29) is 11.7 Å². The van der Waals surface area contributed by atoms with Crippen LogP contribution in [0, 0.1) is 5.92 Å². The lowest BCUT2D eigenvalue weighted by molar-refractivity contribution is -0.115. The molecule has 0 spiro atoms. The van der Waals surface area contributed by atoms with Gasteiger partial charge in [-0.25, -0.2) is 0 Å². The second-order valence-corrected chi connectivity index (χ2v) is 7.57. The third-order valence-electron chi connectivity index (χ3n) is 5.27. The van der Waals surface area contributed by atoms with Gasteiger partial charge in [-0.1, -0.05) is 6.92 Å². The molecular weight excluding hydrogens is 350 g/mol. The summed E-state index contributed by atoms with van der Waals surface area (Å²) in [5.41, 5.74) is 3.63. The maximum Gasteiger partial charge on any atom is 0.226 e. The molecule has 0 bridgehead atoms. The van der Waals surface area contributed by atoms with E-state index in [0.717, 1.165) is 30.4 Å². The number of hydrogen-bond donors (Lipinski definition) is 2. The number of piperidine rings is 1. The van der Waals surface area contributed by atoms with Crippen LogP contribution >= 0.6 is 0 Å². The van der Waals surface area contributed by atoms with Gasteiger partial charge in [-0.05, 0) is 74.2 Å². The Morgan fingerprint density at radius 2 is 1.57 bits per heavy atom. The van der Waals surface area contributed by atoms with Crippen LogP contribution in [0.1, 0.15) is 43.5 Å². The van der Waals surface area contributed by atoms with Crippen molar-refractivity contribution in [1.29, 1.82) is 0 Å². The number of nitrogens with zero attached hydrogens (tertiary/aromatic N) is 1. The van der Waals surface area contributed by atoms with Gasteiger partial charge in [0.15, 0.2) is 5.78 Å². The van der Waals surface area contributed by atoms with E-state index in [9.17, 15) is 9.59 Å². The fourth-order valence-electron chi connectivity index (χ4n) is 3.39. The molecule has 1 saturated heterocycles. The van der Waals surface area contributed by atoms with Crippen molar-refractivity contribution in [3.05, 3.63) is 54.1 Å². The van der Waals surface area contributed by atoms with Crippen molar-refractivity contribution in [3.8, 4) is 0 Å². The summed E-state index contributed by atoms with van der Waals surface area (Å²) in [5, 5.41) is 6.15. The summed E-state index contributed by atoms with van der Waals surface area (Å²) in [6, 6.07) is 15.4. The average Bonchev–Trinajstić information content (AvgIpc) is 2.70. The summed E-state index contributed by atoms with van der Waals surface area (Å²) in [4.78, 5) is 25.9. The fraction of sp³-hybridized carbons (Fsp3) is 0.391. The van der Waals surface area contributed by atoms with E-state index >= 15 is 0 Å². The number of Topliss-reactive ketones (excluding diaryl/α,β-unsaturated/α-hetero) is 1. The van der Waals surface area contributed by atoms with Gasteiger partial charge in [-0.2, -0.15) is 0 Å². The molecule has 1 aliphatic rings. The van der Waals surface area contributed by atoms with Gasteiger partial charge in [0, 0.05) is 48.7 Å². The Kier molecular flexibility index (Phi) is 6.69. The van der Waals surface area contributed by atoms with Crippen molar-refractivity contribution >= 4 is 28.8 Å². The first-order valence-electron chi connectivity index (χ1n) is 10.0. The van der Waals surface area contributed by atoms with Crippen LogP contribution in [0.25, 0.3) is 0 Å².